The minimum Gasteiger partial charge on any atom is -0.378 e. The van der Waals surface area contributed by atoms with E-state index in [1.807, 2.05) is 24.3 Å². The molecule has 2 aliphatic heterocycles. The van der Waals surface area contributed by atoms with Crippen LogP contribution in [0.3, 0.4) is 0 Å². The summed E-state index contributed by atoms with van der Waals surface area (Å²) in [6, 6.07) is 12.6. The average molecular weight is 458 g/mol. The van der Waals surface area contributed by atoms with Crippen molar-refractivity contribution in [2.45, 2.75) is 6.42 Å². The number of fused-ring (bicyclic) bond motifs is 1. The Labute approximate surface area is 176 Å². The molecule has 150 valence electrons. The van der Waals surface area contributed by atoms with E-state index in [4.69, 9.17) is 4.74 Å². The number of hydrogen-bond acceptors (Lipinski definition) is 5. The zero-order valence-corrected chi connectivity index (χ0v) is 17.3. The molecule has 1 saturated heterocycles. The normalized spacial score (nSPS) is 16.2. The third-order valence-corrected chi connectivity index (χ3v) is 5.52. The number of nitrogens with zero attached hydrogens (tertiary/aromatic N) is 2. The third kappa shape index (κ3) is 4.18. The number of rotatable bonds is 5. The number of anilines is 2. The molecule has 0 radical (unpaired) electrons. The summed E-state index contributed by atoms with van der Waals surface area (Å²) in [5.74, 6) is -0.976. The van der Waals surface area contributed by atoms with Gasteiger partial charge in [-0.15, -0.1) is 0 Å². The molecule has 0 atom stereocenters. The molecule has 3 amide bonds. The van der Waals surface area contributed by atoms with Crippen molar-refractivity contribution >= 4 is 45.0 Å². The van der Waals surface area contributed by atoms with E-state index in [9.17, 15) is 14.4 Å². The van der Waals surface area contributed by atoms with Gasteiger partial charge in [0.05, 0.1) is 24.3 Å². The molecule has 1 N–H and O–H groups in total. The monoisotopic (exact) mass is 457 g/mol. The Morgan fingerprint density at radius 1 is 1.00 bits per heavy atom. The lowest BCUT2D eigenvalue weighted by atomic mass is 10.1. The molecule has 2 aromatic carbocycles. The maximum Gasteiger partial charge on any atom is 0.261 e. The Morgan fingerprint density at radius 3 is 2.41 bits per heavy atom. The number of ether oxygens (including phenoxy) is 1. The van der Waals surface area contributed by atoms with E-state index >= 15 is 0 Å². The van der Waals surface area contributed by atoms with Crippen molar-refractivity contribution in [3.63, 3.8) is 0 Å². The summed E-state index contributed by atoms with van der Waals surface area (Å²) in [5.41, 5.74) is 2.50. The molecule has 29 heavy (non-hydrogen) atoms. The molecule has 0 bridgehead atoms. The van der Waals surface area contributed by atoms with Gasteiger partial charge in [0, 0.05) is 41.9 Å². The predicted molar refractivity (Wildman–Crippen MR) is 112 cm³/mol. The Hall–Kier alpha value is -2.71. The molecule has 0 unspecified atom stereocenters. The maximum absolute atomic E-state index is 12.5. The van der Waals surface area contributed by atoms with Crippen LogP contribution in [0.1, 0.15) is 27.1 Å². The number of halogens is 1. The van der Waals surface area contributed by atoms with Crippen LogP contribution in [-0.4, -0.2) is 55.5 Å². The lowest BCUT2D eigenvalue weighted by Crippen LogP contribution is -2.36. The lowest BCUT2D eigenvalue weighted by Gasteiger charge is -2.28. The highest BCUT2D eigenvalue weighted by molar-refractivity contribution is 9.10. The molecule has 0 aromatic heterocycles. The van der Waals surface area contributed by atoms with Gasteiger partial charge in [0.15, 0.2) is 0 Å². The molecule has 4 rings (SSSR count). The largest absolute Gasteiger partial charge is 0.378 e. The van der Waals surface area contributed by atoms with Crippen LogP contribution in [0.2, 0.25) is 0 Å². The summed E-state index contributed by atoms with van der Waals surface area (Å²) in [6.45, 7) is 3.17. The predicted octanol–water partition coefficient (Wildman–Crippen LogP) is 2.91. The van der Waals surface area contributed by atoms with Gasteiger partial charge in [-0.25, -0.2) is 0 Å². The number of benzene rings is 2. The molecule has 2 heterocycles. The Balaban J connectivity index is 1.32. The van der Waals surface area contributed by atoms with E-state index < -0.39 is 0 Å². The smallest absolute Gasteiger partial charge is 0.261 e. The number of imide groups is 1. The molecular formula is C21H20BrN3O4. The second-order valence-corrected chi connectivity index (χ2v) is 7.81. The molecule has 1 fully saturated rings. The van der Waals surface area contributed by atoms with E-state index in [-0.39, 0.29) is 30.7 Å². The fraction of sp³-hybridized carbons (Fsp3) is 0.286. The fourth-order valence-electron chi connectivity index (χ4n) is 3.48. The summed E-state index contributed by atoms with van der Waals surface area (Å²) in [4.78, 5) is 40.5. The topological polar surface area (TPSA) is 79.0 Å². The second-order valence-electron chi connectivity index (χ2n) is 6.90. The van der Waals surface area contributed by atoms with Crippen LogP contribution < -0.4 is 10.2 Å². The summed E-state index contributed by atoms with van der Waals surface area (Å²) in [5, 5.41) is 2.82. The zero-order chi connectivity index (χ0) is 20.4. The Morgan fingerprint density at radius 2 is 1.69 bits per heavy atom. The summed E-state index contributed by atoms with van der Waals surface area (Å²) in [6.07, 6.45) is 0.0395. The first kappa shape index (κ1) is 19.6. The van der Waals surface area contributed by atoms with Crippen molar-refractivity contribution in [3.8, 4) is 0 Å². The standard InChI is InChI=1S/C21H20BrN3O4/c22-14-1-6-17-18(13-14)21(28)25(20(17)27)8-7-19(26)23-15-2-4-16(5-3-15)24-9-11-29-12-10-24/h1-6,13H,7-12H2,(H,23,26). The molecule has 0 aliphatic carbocycles. The highest BCUT2D eigenvalue weighted by Crippen LogP contribution is 2.26. The van der Waals surface area contributed by atoms with Crippen LogP contribution >= 0.6 is 15.9 Å². The van der Waals surface area contributed by atoms with Gasteiger partial charge in [0.25, 0.3) is 11.8 Å². The highest BCUT2D eigenvalue weighted by atomic mass is 79.9. The zero-order valence-electron chi connectivity index (χ0n) is 15.7. The molecular weight excluding hydrogens is 438 g/mol. The quantitative estimate of drug-likeness (QED) is 0.698. The molecule has 8 heteroatoms. The molecule has 2 aromatic rings. The lowest BCUT2D eigenvalue weighted by molar-refractivity contribution is -0.116. The number of carbonyl (C=O) groups excluding carboxylic acids is 3. The first-order chi connectivity index (χ1) is 14.0. The van der Waals surface area contributed by atoms with E-state index in [2.05, 4.69) is 26.1 Å². The minimum atomic E-state index is -0.367. The van der Waals surface area contributed by atoms with Gasteiger partial charge in [-0.2, -0.15) is 0 Å². The molecule has 0 spiro atoms. The van der Waals surface area contributed by atoms with Crippen LogP contribution in [0.15, 0.2) is 46.9 Å². The van der Waals surface area contributed by atoms with E-state index in [1.54, 1.807) is 18.2 Å². The fourth-order valence-corrected chi connectivity index (χ4v) is 3.84. The van der Waals surface area contributed by atoms with Crippen LogP contribution in [0.5, 0.6) is 0 Å². The van der Waals surface area contributed by atoms with Gasteiger partial charge < -0.3 is 15.0 Å². The summed E-state index contributed by atoms with van der Waals surface area (Å²) in [7, 11) is 0. The SMILES string of the molecule is O=C(CCN1C(=O)c2ccc(Br)cc2C1=O)Nc1ccc(N2CCOCC2)cc1. The van der Waals surface area contributed by atoms with Crippen molar-refractivity contribution in [3.05, 3.63) is 58.1 Å². The number of amides is 3. The van der Waals surface area contributed by atoms with E-state index in [0.29, 0.717) is 30.0 Å². The van der Waals surface area contributed by atoms with E-state index in [1.165, 1.54) is 0 Å². The number of nitrogens with one attached hydrogen (secondary N) is 1. The molecule has 7 nitrogen and oxygen atoms in total. The summed E-state index contributed by atoms with van der Waals surface area (Å²) < 4.78 is 6.09. The average Bonchev–Trinajstić information content (AvgIpc) is 2.97. The number of morpholine rings is 1. The van der Waals surface area contributed by atoms with Gasteiger partial charge in [-0.3, -0.25) is 19.3 Å². The number of hydrogen-bond donors (Lipinski definition) is 1. The Bertz CT molecular complexity index is 955. The maximum atomic E-state index is 12.5. The van der Waals surface area contributed by atoms with Gasteiger partial charge in [0.1, 0.15) is 0 Å². The minimum absolute atomic E-state index is 0.0395. The first-order valence-electron chi connectivity index (χ1n) is 9.41. The second kappa shape index (κ2) is 8.34. The summed E-state index contributed by atoms with van der Waals surface area (Å²) >= 11 is 3.31. The van der Waals surface area contributed by atoms with Crippen molar-refractivity contribution < 1.29 is 19.1 Å². The molecule has 2 aliphatic rings. The van der Waals surface area contributed by atoms with Crippen molar-refractivity contribution in [1.29, 1.82) is 0 Å². The molecule has 0 saturated carbocycles. The van der Waals surface area contributed by atoms with Gasteiger partial charge in [-0.05, 0) is 42.5 Å². The van der Waals surface area contributed by atoms with Crippen molar-refractivity contribution in [2.24, 2.45) is 0 Å². The number of carbonyl (C=O) groups is 3. The van der Waals surface area contributed by atoms with Crippen LogP contribution in [-0.2, 0) is 9.53 Å². The third-order valence-electron chi connectivity index (χ3n) is 5.02. The van der Waals surface area contributed by atoms with Crippen LogP contribution in [0.4, 0.5) is 11.4 Å². The first-order valence-corrected chi connectivity index (χ1v) is 10.2. The van der Waals surface area contributed by atoms with Crippen LogP contribution in [0.25, 0.3) is 0 Å². The van der Waals surface area contributed by atoms with Crippen LogP contribution in [0, 0.1) is 0 Å². The van der Waals surface area contributed by atoms with Gasteiger partial charge in [-0.1, -0.05) is 15.9 Å². The van der Waals surface area contributed by atoms with Gasteiger partial charge >= 0.3 is 0 Å². The van der Waals surface area contributed by atoms with Crippen molar-refractivity contribution in [1.82, 2.24) is 4.90 Å². The Kier molecular flexibility index (Phi) is 5.64. The van der Waals surface area contributed by atoms with Crippen molar-refractivity contribution in [2.75, 3.05) is 43.1 Å². The van der Waals surface area contributed by atoms with Gasteiger partial charge in [0.2, 0.25) is 5.91 Å². The highest BCUT2D eigenvalue weighted by Gasteiger charge is 2.35. The van der Waals surface area contributed by atoms with E-state index in [0.717, 1.165) is 28.1 Å².